The van der Waals surface area contributed by atoms with Crippen LogP contribution in [0.15, 0.2) is 22.7 Å². The summed E-state index contributed by atoms with van der Waals surface area (Å²) in [5, 5.41) is 0. The van der Waals surface area contributed by atoms with Crippen molar-refractivity contribution >= 4 is 37.5 Å². The molecule has 0 amide bonds. The number of nitrogens with one attached hydrogen (secondary N) is 2. The molecule has 1 aromatic carbocycles. The Labute approximate surface area is 109 Å². The molecule has 0 aliphatic heterocycles. The van der Waals surface area contributed by atoms with Gasteiger partial charge in [0.15, 0.2) is 0 Å². The number of anilines is 2. The number of benzene rings is 1. The van der Waals surface area contributed by atoms with Crippen molar-refractivity contribution in [2.75, 3.05) is 30.7 Å². The number of nitrogen functional groups attached to an aromatic ring is 1. The molecule has 0 saturated carbocycles. The summed E-state index contributed by atoms with van der Waals surface area (Å²) < 4.78 is 33.3. The monoisotopic (exact) mass is 323 g/mol. The third-order valence-corrected chi connectivity index (χ3v) is 3.60. The van der Waals surface area contributed by atoms with E-state index >= 15 is 0 Å². The molecule has 0 unspecified atom stereocenters. The second-order valence-corrected chi connectivity index (χ2v) is 5.59. The summed E-state index contributed by atoms with van der Waals surface area (Å²) in [6, 6.07) is 4.86. The van der Waals surface area contributed by atoms with Crippen LogP contribution in [0.2, 0.25) is 0 Å². The number of hydrogen-bond donors (Lipinski definition) is 3. The molecule has 1 aromatic rings. The Morgan fingerprint density at radius 1 is 1.47 bits per heavy atom. The number of nitrogens with two attached hydrogens (primary N) is 1. The molecule has 0 aliphatic rings. The van der Waals surface area contributed by atoms with Gasteiger partial charge in [-0.1, -0.05) is 0 Å². The van der Waals surface area contributed by atoms with Crippen molar-refractivity contribution in [2.24, 2.45) is 0 Å². The Balaban J connectivity index is 2.72. The Hall–Kier alpha value is -0.830. The summed E-state index contributed by atoms with van der Waals surface area (Å²) in [5.41, 5.74) is 6.43. The number of halogens is 1. The standard InChI is InChI=1S/C9H14BrN3O3S/c1-16-5-4-12-17(14,15)13-9-6-7(11)2-3-8(9)10/h2-3,6,12-13H,4-5,11H2,1H3. The minimum Gasteiger partial charge on any atom is -0.399 e. The fourth-order valence-corrected chi connectivity index (χ4v) is 2.44. The van der Waals surface area contributed by atoms with E-state index in [2.05, 4.69) is 25.4 Å². The third-order valence-electron chi connectivity index (χ3n) is 1.83. The third kappa shape index (κ3) is 4.90. The van der Waals surface area contributed by atoms with Gasteiger partial charge in [-0.2, -0.15) is 13.1 Å². The molecule has 8 heteroatoms. The Morgan fingerprint density at radius 3 is 2.82 bits per heavy atom. The van der Waals surface area contributed by atoms with Gasteiger partial charge < -0.3 is 10.5 Å². The van der Waals surface area contributed by atoms with Gasteiger partial charge in [0.1, 0.15) is 0 Å². The molecule has 0 radical (unpaired) electrons. The second kappa shape index (κ2) is 6.20. The van der Waals surface area contributed by atoms with E-state index in [-0.39, 0.29) is 6.54 Å². The zero-order valence-corrected chi connectivity index (χ0v) is 11.6. The van der Waals surface area contributed by atoms with Crippen LogP contribution in [-0.2, 0) is 14.9 Å². The Morgan fingerprint density at radius 2 is 2.18 bits per heavy atom. The van der Waals surface area contributed by atoms with E-state index in [0.29, 0.717) is 22.5 Å². The molecule has 0 bridgehead atoms. The zero-order valence-electron chi connectivity index (χ0n) is 9.23. The average molecular weight is 324 g/mol. The lowest BCUT2D eigenvalue weighted by Gasteiger charge is -2.11. The molecule has 0 spiro atoms. The predicted molar refractivity (Wildman–Crippen MR) is 71.0 cm³/mol. The van der Waals surface area contributed by atoms with Crippen LogP contribution < -0.4 is 15.2 Å². The number of methoxy groups -OCH3 is 1. The van der Waals surface area contributed by atoms with E-state index in [9.17, 15) is 8.42 Å². The van der Waals surface area contributed by atoms with Crippen molar-refractivity contribution in [2.45, 2.75) is 0 Å². The lowest BCUT2D eigenvalue weighted by Crippen LogP contribution is -2.32. The van der Waals surface area contributed by atoms with E-state index in [1.165, 1.54) is 13.2 Å². The molecule has 0 heterocycles. The quantitative estimate of drug-likeness (QED) is 0.536. The van der Waals surface area contributed by atoms with Crippen LogP contribution in [0.3, 0.4) is 0 Å². The molecule has 4 N–H and O–H groups in total. The largest absolute Gasteiger partial charge is 0.399 e. The van der Waals surface area contributed by atoms with Crippen molar-refractivity contribution in [3.8, 4) is 0 Å². The molecular weight excluding hydrogens is 310 g/mol. The topological polar surface area (TPSA) is 93.4 Å². The summed E-state index contributed by atoms with van der Waals surface area (Å²) in [4.78, 5) is 0. The maximum absolute atomic E-state index is 11.6. The Bertz CT molecular complexity index is 478. The SMILES string of the molecule is COCCNS(=O)(=O)Nc1cc(N)ccc1Br. The zero-order chi connectivity index (χ0) is 12.9. The maximum Gasteiger partial charge on any atom is 0.299 e. The molecule has 0 aromatic heterocycles. The van der Waals surface area contributed by atoms with Crippen LogP contribution in [0.25, 0.3) is 0 Å². The summed E-state index contributed by atoms with van der Waals surface area (Å²) in [6.07, 6.45) is 0. The van der Waals surface area contributed by atoms with E-state index in [1.807, 2.05) is 0 Å². The van der Waals surface area contributed by atoms with Crippen LogP contribution in [0.1, 0.15) is 0 Å². The first-order chi connectivity index (χ1) is 7.94. The van der Waals surface area contributed by atoms with Gasteiger partial charge in [-0.3, -0.25) is 4.72 Å². The number of ether oxygens (including phenoxy) is 1. The average Bonchev–Trinajstić information content (AvgIpc) is 2.23. The summed E-state index contributed by atoms with van der Waals surface area (Å²) in [5.74, 6) is 0. The fourth-order valence-electron chi connectivity index (χ4n) is 1.08. The van der Waals surface area contributed by atoms with Crippen molar-refractivity contribution in [1.82, 2.24) is 4.72 Å². The van der Waals surface area contributed by atoms with E-state index in [1.54, 1.807) is 12.1 Å². The normalized spacial score (nSPS) is 11.4. The van der Waals surface area contributed by atoms with Gasteiger partial charge in [0.05, 0.1) is 12.3 Å². The summed E-state index contributed by atoms with van der Waals surface area (Å²) in [6.45, 7) is 0.505. The van der Waals surface area contributed by atoms with Gasteiger partial charge in [0, 0.05) is 23.8 Å². The van der Waals surface area contributed by atoms with Crippen molar-refractivity contribution in [3.05, 3.63) is 22.7 Å². The van der Waals surface area contributed by atoms with Crippen molar-refractivity contribution in [1.29, 1.82) is 0 Å². The van der Waals surface area contributed by atoms with E-state index in [4.69, 9.17) is 10.5 Å². The highest BCUT2D eigenvalue weighted by Gasteiger charge is 2.11. The van der Waals surface area contributed by atoms with Crippen molar-refractivity contribution < 1.29 is 13.2 Å². The molecule has 0 aliphatic carbocycles. The molecule has 0 fully saturated rings. The van der Waals surface area contributed by atoms with Gasteiger partial charge in [-0.25, -0.2) is 0 Å². The van der Waals surface area contributed by atoms with Crippen LogP contribution in [0, 0.1) is 0 Å². The maximum atomic E-state index is 11.6. The smallest absolute Gasteiger partial charge is 0.299 e. The first kappa shape index (κ1) is 14.2. The van der Waals surface area contributed by atoms with Crippen LogP contribution in [0.5, 0.6) is 0 Å². The number of hydrogen-bond acceptors (Lipinski definition) is 4. The van der Waals surface area contributed by atoms with Crippen LogP contribution in [-0.4, -0.2) is 28.7 Å². The lowest BCUT2D eigenvalue weighted by atomic mass is 10.3. The summed E-state index contributed by atoms with van der Waals surface area (Å²) >= 11 is 3.23. The van der Waals surface area contributed by atoms with Gasteiger partial charge in [-0.05, 0) is 34.1 Å². The molecule has 1 rings (SSSR count). The minimum atomic E-state index is -3.61. The number of rotatable bonds is 6. The van der Waals surface area contributed by atoms with E-state index < -0.39 is 10.2 Å². The highest BCUT2D eigenvalue weighted by atomic mass is 79.9. The van der Waals surface area contributed by atoms with Gasteiger partial charge in [-0.15, -0.1) is 0 Å². The highest BCUT2D eigenvalue weighted by Crippen LogP contribution is 2.25. The first-order valence-electron chi connectivity index (χ1n) is 4.76. The lowest BCUT2D eigenvalue weighted by molar-refractivity contribution is 0.204. The highest BCUT2D eigenvalue weighted by molar-refractivity contribution is 9.10. The van der Waals surface area contributed by atoms with Crippen LogP contribution >= 0.6 is 15.9 Å². The molecule has 17 heavy (non-hydrogen) atoms. The molecule has 0 saturated heterocycles. The van der Waals surface area contributed by atoms with Gasteiger partial charge in [0.25, 0.3) is 10.2 Å². The summed E-state index contributed by atoms with van der Waals surface area (Å²) in [7, 11) is -2.12. The van der Waals surface area contributed by atoms with Crippen LogP contribution in [0.4, 0.5) is 11.4 Å². The molecule has 0 atom stereocenters. The molecular formula is C9H14BrN3O3S. The Kier molecular flexibility index (Phi) is 5.19. The fraction of sp³-hybridized carbons (Fsp3) is 0.333. The first-order valence-corrected chi connectivity index (χ1v) is 7.03. The van der Waals surface area contributed by atoms with Gasteiger partial charge in [0.2, 0.25) is 0 Å². The molecule has 6 nitrogen and oxygen atoms in total. The van der Waals surface area contributed by atoms with Gasteiger partial charge >= 0.3 is 0 Å². The van der Waals surface area contributed by atoms with E-state index in [0.717, 1.165) is 0 Å². The predicted octanol–water partition coefficient (Wildman–Crippen LogP) is 0.924. The minimum absolute atomic E-state index is 0.200. The molecule has 96 valence electrons. The van der Waals surface area contributed by atoms with Crippen molar-refractivity contribution in [3.63, 3.8) is 0 Å². The second-order valence-electron chi connectivity index (χ2n) is 3.23.